The Labute approximate surface area is 156 Å². The molecule has 3 N–H and O–H groups in total. The molecule has 2 aromatic rings. The zero-order valence-corrected chi connectivity index (χ0v) is 14.7. The summed E-state index contributed by atoms with van der Waals surface area (Å²) in [6, 6.07) is 16.7. The Kier molecular flexibility index (Phi) is 4.36. The predicted octanol–water partition coefficient (Wildman–Crippen LogP) is 2.96. The second-order valence-corrected chi connectivity index (χ2v) is 7.27. The number of carbonyl (C=O) groups excluding carboxylic acids is 1. The second-order valence-electron chi connectivity index (χ2n) is 7.27. The van der Waals surface area contributed by atoms with Crippen LogP contribution in [0.4, 0.5) is 0 Å². The third-order valence-corrected chi connectivity index (χ3v) is 5.57. The Hall–Kier alpha value is -2.86. The van der Waals surface area contributed by atoms with E-state index in [4.69, 9.17) is 15.2 Å². The first kappa shape index (κ1) is 17.5. The van der Waals surface area contributed by atoms with Crippen LogP contribution in [-0.2, 0) is 20.9 Å². The minimum Gasteiger partial charge on any atom is -0.481 e. The van der Waals surface area contributed by atoms with Gasteiger partial charge in [0, 0.05) is 5.92 Å². The minimum absolute atomic E-state index is 0.00245. The molecule has 4 atom stereocenters. The number of carbonyl (C=O) groups is 2. The van der Waals surface area contributed by atoms with Crippen molar-refractivity contribution < 1.29 is 24.2 Å². The van der Waals surface area contributed by atoms with Crippen LogP contribution in [0.25, 0.3) is 0 Å². The highest BCUT2D eigenvalue weighted by molar-refractivity contribution is 5.86. The van der Waals surface area contributed by atoms with Crippen LogP contribution in [0.2, 0.25) is 0 Å². The smallest absolute Gasteiger partial charge is 0.326 e. The fourth-order valence-corrected chi connectivity index (χ4v) is 4.19. The quantitative estimate of drug-likeness (QED) is 0.762. The molecule has 27 heavy (non-hydrogen) atoms. The molecule has 6 heteroatoms. The lowest BCUT2D eigenvalue weighted by molar-refractivity contribution is -0.153. The Morgan fingerprint density at radius 1 is 1.11 bits per heavy atom. The topological polar surface area (TPSA) is 98.9 Å². The Morgan fingerprint density at radius 3 is 2.56 bits per heavy atom. The molecule has 0 aromatic heterocycles. The van der Waals surface area contributed by atoms with Crippen molar-refractivity contribution in [2.24, 2.45) is 23.5 Å². The number of ether oxygens (including phenoxy) is 2. The minimum atomic E-state index is -1.19. The van der Waals surface area contributed by atoms with Crippen LogP contribution in [0.5, 0.6) is 11.5 Å². The first-order chi connectivity index (χ1) is 13.0. The normalized spacial score (nSPS) is 28.3. The molecule has 0 bridgehead atoms. The van der Waals surface area contributed by atoms with Gasteiger partial charge in [0.05, 0.1) is 5.92 Å². The summed E-state index contributed by atoms with van der Waals surface area (Å²) >= 11 is 0. The van der Waals surface area contributed by atoms with Crippen LogP contribution in [-0.4, -0.2) is 22.6 Å². The molecule has 0 radical (unpaired) electrons. The molecular formula is C21H21NO5. The molecule has 0 aliphatic heterocycles. The highest BCUT2D eigenvalue weighted by atomic mass is 16.5. The average Bonchev–Trinajstić information content (AvgIpc) is 3.32. The Morgan fingerprint density at radius 2 is 1.85 bits per heavy atom. The number of carboxylic acids is 1. The largest absolute Gasteiger partial charge is 0.481 e. The summed E-state index contributed by atoms with van der Waals surface area (Å²) in [7, 11) is 0. The van der Waals surface area contributed by atoms with Gasteiger partial charge in [0.15, 0.2) is 0 Å². The number of rotatable bonds is 6. The van der Waals surface area contributed by atoms with Crippen molar-refractivity contribution in [2.45, 2.75) is 25.0 Å². The number of aliphatic carboxylic acids is 1. The fourth-order valence-electron chi connectivity index (χ4n) is 4.19. The van der Waals surface area contributed by atoms with Crippen LogP contribution in [0, 0.1) is 17.8 Å². The van der Waals surface area contributed by atoms with E-state index in [1.54, 1.807) is 6.07 Å². The lowest BCUT2D eigenvalue weighted by Gasteiger charge is -2.24. The maximum absolute atomic E-state index is 12.6. The number of fused-ring (bicyclic) bond motifs is 1. The molecule has 140 valence electrons. The first-order valence-corrected chi connectivity index (χ1v) is 9.00. The summed E-state index contributed by atoms with van der Waals surface area (Å²) < 4.78 is 11.2. The van der Waals surface area contributed by atoms with E-state index in [9.17, 15) is 14.7 Å². The maximum atomic E-state index is 12.6. The molecule has 2 fully saturated rings. The monoisotopic (exact) mass is 367 g/mol. The maximum Gasteiger partial charge on any atom is 0.326 e. The molecule has 2 saturated carbocycles. The van der Waals surface area contributed by atoms with E-state index in [1.807, 2.05) is 48.5 Å². The van der Waals surface area contributed by atoms with Crippen molar-refractivity contribution in [3.05, 3.63) is 60.2 Å². The van der Waals surface area contributed by atoms with Gasteiger partial charge in [-0.3, -0.25) is 9.59 Å². The van der Waals surface area contributed by atoms with Gasteiger partial charge in [-0.05, 0) is 48.6 Å². The van der Waals surface area contributed by atoms with Crippen LogP contribution in [0.15, 0.2) is 54.6 Å². The van der Waals surface area contributed by atoms with Crippen molar-refractivity contribution in [3.8, 4) is 11.5 Å². The van der Waals surface area contributed by atoms with E-state index in [0.717, 1.165) is 11.3 Å². The zero-order chi connectivity index (χ0) is 19.0. The number of hydrogen-bond donors (Lipinski definition) is 2. The van der Waals surface area contributed by atoms with E-state index in [0.29, 0.717) is 18.6 Å². The van der Waals surface area contributed by atoms with Gasteiger partial charge >= 0.3 is 11.9 Å². The lowest BCUT2D eigenvalue weighted by Crippen LogP contribution is -2.50. The third kappa shape index (κ3) is 3.28. The number of carboxylic acid groups (broad SMARTS) is 1. The molecule has 2 aromatic carbocycles. The molecule has 0 spiro atoms. The van der Waals surface area contributed by atoms with Crippen molar-refractivity contribution >= 4 is 11.9 Å². The van der Waals surface area contributed by atoms with E-state index >= 15 is 0 Å². The lowest BCUT2D eigenvalue weighted by atomic mass is 9.91. The van der Waals surface area contributed by atoms with Gasteiger partial charge in [-0.15, -0.1) is 0 Å². The molecule has 6 nitrogen and oxygen atoms in total. The summed E-state index contributed by atoms with van der Waals surface area (Å²) in [6.07, 6.45) is 1.13. The highest BCUT2D eigenvalue weighted by Gasteiger charge is 2.70. The van der Waals surface area contributed by atoms with Crippen LogP contribution in [0.3, 0.4) is 0 Å². The molecular weight excluding hydrogens is 346 g/mol. The van der Waals surface area contributed by atoms with Crippen molar-refractivity contribution in [2.75, 3.05) is 0 Å². The zero-order valence-electron chi connectivity index (χ0n) is 14.7. The molecule has 0 saturated heterocycles. The number of nitrogens with two attached hydrogens (primary N) is 1. The summed E-state index contributed by atoms with van der Waals surface area (Å²) in [6.45, 7) is 0.0684. The number of para-hydroxylation sites is 1. The van der Waals surface area contributed by atoms with E-state index in [-0.39, 0.29) is 18.4 Å². The highest BCUT2D eigenvalue weighted by Crippen LogP contribution is 2.61. The summed E-state index contributed by atoms with van der Waals surface area (Å²) in [5.74, 6) is -0.854. The van der Waals surface area contributed by atoms with Crippen molar-refractivity contribution in [3.63, 3.8) is 0 Å². The molecule has 0 amide bonds. The van der Waals surface area contributed by atoms with E-state index in [2.05, 4.69) is 0 Å². The first-order valence-electron chi connectivity index (χ1n) is 9.00. The Balaban J connectivity index is 1.38. The molecule has 2 aliphatic carbocycles. The molecule has 2 aliphatic rings. The predicted molar refractivity (Wildman–Crippen MR) is 97.0 cm³/mol. The van der Waals surface area contributed by atoms with E-state index < -0.39 is 23.4 Å². The van der Waals surface area contributed by atoms with Crippen molar-refractivity contribution in [1.82, 2.24) is 0 Å². The van der Waals surface area contributed by atoms with Gasteiger partial charge in [0.25, 0.3) is 0 Å². The third-order valence-electron chi connectivity index (χ3n) is 5.57. The fraction of sp³-hybridized carbons (Fsp3) is 0.333. The molecule has 4 unspecified atom stereocenters. The number of hydrogen-bond acceptors (Lipinski definition) is 5. The SMILES string of the molecule is NC1(C(=O)OCc2cccc(Oc3ccccc3)c2)CCC2C(C(=O)O)C21. The van der Waals surface area contributed by atoms with Crippen molar-refractivity contribution in [1.29, 1.82) is 0 Å². The van der Waals surface area contributed by atoms with E-state index in [1.165, 1.54) is 0 Å². The van der Waals surface area contributed by atoms with Gasteiger partial charge in [0.2, 0.25) is 0 Å². The average molecular weight is 367 g/mol. The Bertz CT molecular complexity index is 868. The molecule has 0 heterocycles. The molecule has 4 rings (SSSR count). The summed E-state index contributed by atoms with van der Waals surface area (Å²) in [5, 5.41) is 9.21. The number of esters is 1. The van der Waals surface area contributed by atoms with Crippen LogP contribution in [0.1, 0.15) is 18.4 Å². The van der Waals surface area contributed by atoms with Crippen LogP contribution < -0.4 is 10.5 Å². The standard InChI is InChI=1S/C21H21NO5/c22-21(10-9-16-17(18(16)21)19(23)24)20(25)26-12-13-5-4-8-15(11-13)27-14-6-2-1-3-7-14/h1-8,11,16-18H,9-10,12,22H2,(H,23,24). The van der Waals surface area contributed by atoms with Gasteiger partial charge in [-0.2, -0.15) is 0 Å². The van der Waals surface area contributed by atoms with Crippen LogP contribution >= 0.6 is 0 Å². The summed E-state index contributed by atoms with van der Waals surface area (Å²) in [5.41, 5.74) is 5.84. The summed E-state index contributed by atoms with van der Waals surface area (Å²) in [4.78, 5) is 23.8. The second kappa shape index (κ2) is 6.70. The van der Waals surface area contributed by atoms with Gasteiger partial charge in [0.1, 0.15) is 23.6 Å². The van der Waals surface area contributed by atoms with Gasteiger partial charge < -0.3 is 20.3 Å². The van der Waals surface area contributed by atoms with Gasteiger partial charge in [-0.1, -0.05) is 30.3 Å². The number of benzene rings is 2. The van der Waals surface area contributed by atoms with Gasteiger partial charge in [-0.25, -0.2) is 0 Å².